The molecule has 1 radical (unpaired) electrons. The van der Waals surface area contributed by atoms with Crippen molar-refractivity contribution in [3.05, 3.63) is 6.92 Å². The number of carbonyl (C=O) groups excluding carboxylic acids is 1. The molecule has 0 aromatic heterocycles. The number of hydrogen-bond acceptors (Lipinski definition) is 1. The quantitative estimate of drug-likeness (QED) is 0.477. The van der Waals surface area contributed by atoms with Gasteiger partial charge < -0.3 is 11.7 Å². The van der Waals surface area contributed by atoms with Crippen LogP contribution in [-0.4, -0.2) is 6.79 Å². The van der Waals surface area contributed by atoms with Gasteiger partial charge in [-0.25, -0.2) is 0 Å². The fraction of sp³-hybridized carbons (Fsp3) is 0.667. The van der Waals surface area contributed by atoms with Crippen LogP contribution in [0.3, 0.4) is 0 Å². The SMILES string of the molecule is [CH-]=O.[CH2-]CCCC.[Y]. The standard InChI is InChI=1S/C5H11.CHO.Y/c1-3-5-4-2;1-2;/h1,3-5H2,2H3;1H;/q2*-1;. The summed E-state index contributed by atoms with van der Waals surface area (Å²) in [7, 11) is 0. The van der Waals surface area contributed by atoms with Crippen LogP contribution in [0.4, 0.5) is 0 Å². The van der Waals surface area contributed by atoms with Gasteiger partial charge in [-0.15, -0.1) is 0 Å². The minimum Gasteiger partial charge on any atom is -0.545 e. The van der Waals surface area contributed by atoms with Gasteiger partial charge in [0.15, 0.2) is 0 Å². The molecule has 0 atom stereocenters. The molecule has 0 N–H and O–H groups in total. The summed E-state index contributed by atoms with van der Waals surface area (Å²) in [4.78, 5) is 7.75. The number of hydrogen-bond donors (Lipinski definition) is 0. The first-order valence-electron chi connectivity index (χ1n) is 2.44. The van der Waals surface area contributed by atoms with Gasteiger partial charge in [-0.3, -0.25) is 6.79 Å². The summed E-state index contributed by atoms with van der Waals surface area (Å²) in [5.41, 5.74) is 0. The molecular weight excluding hydrogens is 177 g/mol. The molecule has 0 aliphatic rings. The normalized spacial score (nSPS) is 5.75. The van der Waals surface area contributed by atoms with Crippen molar-refractivity contribution in [1.29, 1.82) is 0 Å². The molecule has 0 amide bonds. The molecule has 0 aliphatic carbocycles. The first-order valence-corrected chi connectivity index (χ1v) is 2.44. The molecule has 47 valence electrons. The Morgan fingerprint density at radius 3 is 1.88 bits per heavy atom. The Bertz CT molecular complexity index is 22.5. The number of rotatable bonds is 2. The molecule has 0 rings (SSSR count). The fourth-order valence-electron chi connectivity index (χ4n) is 0.250. The summed E-state index contributed by atoms with van der Waals surface area (Å²) < 4.78 is 0. The molecule has 0 heterocycles. The Balaban J connectivity index is -0.0000000750. The third-order valence-electron chi connectivity index (χ3n) is 0.604. The van der Waals surface area contributed by atoms with E-state index in [-0.39, 0.29) is 32.7 Å². The molecule has 0 aromatic carbocycles. The van der Waals surface area contributed by atoms with Crippen molar-refractivity contribution in [3.8, 4) is 0 Å². The zero-order chi connectivity index (χ0) is 6.12. The van der Waals surface area contributed by atoms with Crippen LogP contribution < -0.4 is 0 Å². The third-order valence-corrected chi connectivity index (χ3v) is 0.604. The summed E-state index contributed by atoms with van der Waals surface area (Å²) in [6.45, 7) is 9.10. The molecule has 0 fully saturated rings. The first kappa shape index (κ1) is 15.9. The second kappa shape index (κ2) is 25.0. The van der Waals surface area contributed by atoms with Gasteiger partial charge in [0.05, 0.1) is 0 Å². The van der Waals surface area contributed by atoms with Crippen molar-refractivity contribution in [2.75, 3.05) is 0 Å². The van der Waals surface area contributed by atoms with Gasteiger partial charge >= 0.3 is 0 Å². The smallest absolute Gasteiger partial charge is 0 e. The number of unbranched alkanes of at least 4 members (excludes halogenated alkanes) is 2. The predicted octanol–water partition coefficient (Wildman–Crippen LogP) is 1.73. The molecule has 8 heavy (non-hydrogen) atoms. The first-order chi connectivity index (χ1) is 3.41. The van der Waals surface area contributed by atoms with Gasteiger partial charge in [-0.05, 0) is 0 Å². The maximum atomic E-state index is 7.75. The minimum absolute atomic E-state index is 0. The van der Waals surface area contributed by atoms with E-state index in [1.54, 1.807) is 0 Å². The van der Waals surface area contributed by atoms with E-state index < -0.39 is 0 Å². The zero-order valence-electron chi connectivity index (χ0n) is 5.39. The zero-order valence-corrected chi connectivity index (χ0v) is 8.23. The maximum absolute atomic E-state index is 7.75. The Labute approximate surface area is 77.1 Å². The van der Waals surface area contributed by atoms with Crippen molar-refractivity contribution in [3.63, 3.8) is 0 Å². The molecular formula is C6H12OY-2. The fourth-order valence-corrected chi connectivity index (χ4v) is 0.250. The Morgan fingerprint density at radius 2 is 1.88 bits per heavy atom. The molecule has 1 nitrogen and oxygen atoms in total. The van der Waals surface area contributed by atoms with E-state index in [9.17, 15) is 0 Å². The third kappa shape index (κ3) is 29.3. The second-order valence-electron chi connectivity index (χ2n) is 1.21. The van der Waals surface area contributed by atoms with E-state index >= 15 is 0 Å². The van der Waals surface area contributed by atoms with E-state index in [2.05, 4.69) is 20.6 Å². The van der Waals surface area contributed by atoms with Crippen LogP contribution in [0.5, 0.6) is 0 Å². The molecule has 0 saturated carbocycles. The van der Waals surface area contributed by atoms with Crippen LogP contribution in [-0.2, 0) is 37.5 Å². The van der Waals surface area contributed by atoms with Gasteiger partial charge in [0, 0.05) is 32.7 Å². The molecule has 0 unspecified atom stereocenters. The second-order valence-corrected chi connectivity index (χ2v) is 1.21. The van der Waals surface area contributed by atoms with Crippen LogP contribution in [0, 0.1) is 6.92 Å². The molecule has 0 saturated heterocycles. The average Bonchev–Trinajstić information content (AvgIpc) is 1.75. The molecule has 2 heteroatoms. The largest absolute Gasteiger partial charge is 0.545 e. The van der Waals surface area contributed by atoms with E-state index in [4.69, 9.17) is 4.79 Å². The summed E-state index contributed by atoms with van der Waals surface area (Å²) in [6, 6.07) is 0. The van der Waals surface area contributed by atoms with Gasteiger partial charge in [0.25, 0.3) is 0 Å². The van der Waals surface area contributed by atoms with Crippen molar-refractivity contribution in [1.82, 2.24) is 0 Å². The molecule has 0 aromatic rings. The average molecular weight is 189 g/mol. The summed E-state index contributed by atoms with van der Waals surface area (Å²) in [5.74, 6) is 0. The van der Waals surface area contributed by atoms with Crippen LogP contribution in [0.1, 0.15) is 26.2 Å². The van der Waals surface area contributed by atoms with Crippen molar-refractivity contribution >= 4 is 6.79 Å². The summed E-state index contributed by atoms with van der Waals surface area (Å²) >= 11 is 0. The monoisotopic (exact) mass is 189 g/mol. The maximum Gasteiger partial charge on any atom is 0 e. The summed E-state index contributed by atoms with van der Waals surface area (Å²) in [6.07, 6.45) is 3.65. The van der Waals surface area contributed by atoms with Crippen LogP contribution in [0.15, 0.2) is 0 Å². The van der Waals surface area contributed by atoms with Crippen molar-refractivity contribution in [2.24, 2.45) is 0 Å². The van der Waals surface area contributed by atoms with Gasteiger partial charge in [-0.2, -0.15) is 6.42 Å². The Kier molecular flexibility index (Phi) is 49.8. The van der Waals surface area contributed by atoms with Crippen molar-refractivity contribution < 1.29 is 37.5 Å². The van der Waals surface area contributed by atoms with Crippen LogP contribution in [0.25, 0.3) is 0 Å². The minimum atomic E-state index is 0. The van der Waals surface area contributed by atoms with Gasteiger partial charge in [0.1, 0.15) is 0 Å². The van der Waals surface area contributed by atoms with Crippen molar-refractivity contribution in [2.45, 2.75) is 26.2 Å². The van der Waals surface area contributed by atoms with Crippen LogP contribution in [0.2, 0.25) is 0 Å². The molecule has 0 spiro atoms. The van der Waals surface area contributed by atoms with Crippen LogP contribution >= 0.6 is 0 Å². The Hall–Kier alpha value is 0.774. The van der Waals surface area contributed by atoms with E-state index in [0.717, 1.165) is 6.42 Å². The summed E-state index contributed by atoms with van der Waals surface area (Å²) in [5, 5.41) is 0. The van der Waals surface area contributed by atoms with Gasteiger partial charge in [0.2, 0.25) is 0 Å². The topological polar surface area (TPSA) is 17.1 Å². The van der Waals surface area contributed by atoms with E-state index in [0.29, 0.717) is 0 Å². The molecule has 0 aliphatic heterocycles. The van der Waals surface area contributed by atoms with E-state index in [1.165, 1.54) is 12.8 Å². The van der Waals surface area contributed by atoms with E-state index in [1.807, 2.05) is 0 Å². The predicted molar refractivity (Wildman–Crippen MR) is 31.6 cm³/mol. The van der Waals surface area contributed by atoms with Gasteiger partial charge in [-0.1, -0.05) is 19.8 Å². The Morgan fingerprint density at radius 1 is 1.50 bits per heavy atom. The molecule has 0 bridgehead atoms.